The van der Waals surface area contributed by atoms with Gasteiger partial charge in [-0.2, -0.15) is 0 Å². The zero-order valence-electron chi connectivity index (χ0n) is 17.9. The second kappa shape index (κ2) is 9.33. The van der Waals surface area contributed by atoms with E-state index in [1.54, 1.807) is 54.7 Å². The number of amides is 1. The van der Waals surface area contributed by atoms with E-state index in [-0.39, 0.29) is 24.1 Å². The van der Waals surface area contributed by atoms with Crippen molar-refractivity contribution >= 4 is 38.4 Å². The molecule has 0 bridgehead atoms. The van der Waals surface area contributed by atoms with Gasteiger partial charge in [0.05, 0.1) is 22.5 Å². The van der Waals surface area contributed by atoms with Gasteiger partial charge in [-0.25, -0.2) is 9.37 Å². The molecule has 0 saturated heterocycles. The number of pyridine rings is 1. The van der Waals surface area contributed by atoms with Gasteiger partial charge in [0.15, 0.2) is 10.9 Å². The number of carbonyl (C=O) groups excluding carboxylic acids is 2. The highest BCUT2D eigenvalue weighted by Gasteiger charge is 2.23. The van der Waals surface area contributed by atoms with Gasteiger partial charge in [0, 0.05) is 22.9 Å². The summed E-state index contributed by atoms with van der Waals surface area (Å²) in [6.07, 6.45) is 1.66. The predicted octanol–water partition coefficient (Wildman–Crippen LogP) is 5.91. The van der Waals surface area contributed by atoms with Crippen LogP contribution in [-0.4, -0.2) is 21.7 Å². The van der Waals surface area contributed by atoms with E-state index in [0.717, 1.165) is 0 Å². The van der Waals surface area contributed by atoms with E-state index in [2.05, 4.69) is 9.97 Å². The SMILES string of the molecule is O=C(c1ccccc1)c1ccc(C(=O)N(Cc2ccccn2)c2nc3ccc(F)cc3s2)cc1. The molecule has 2 heterocycles. The van der Waals surface area contributed by atoms with Crippen molar-refractivity contribution in [2.45, 2.75) is 6.54 Å². The molecule has 0 N–H and O–H groups in total. The minimum atomic E-state index is -0.357. The zero-order valence-corrected chi connectivity index (χ0v) is 18.7. The maximum absolute atomic E-state index is 13.7. The van der Waals surface area contributed by atoms with Gasteiger partial charge < -0.3 is 0 Å². The highest BCUT2D eigenvalue weighted by molar-refractivity contribution is 7.22. The largest absolute Gasteiger partial charge is 0.289 e. The molecule has 0 aliphatic heterocycles. The molecular formula is C27H18FN3O2S. The van der Waals surface area contributed by atoms with E-state index in [1.807, 2.05) is 30.3 Å². The number of rotatable bonds is 6. The molecule has 0 radical (unpaired) electrons. The first kappa shape index (κ1) is 21.6. The third kappa shape index (κ3) is 4.46. The Kier molecular flexibility index (Phi) is 5.93. The molecule has 0 saturated carbocycles. The molecule has 0 aliphatic carbocycles. The summed E-state index contributed by atoms with van der Waals surface area (Å²) in [5, 5.41) is 0.445. The second-order valence-electron chi connectivity index (χ2n) is 7.59. The summed E-state index contributed by atoms with van der Waals surface area (Å²) in [4.78, 5) is 36.7. The van der Waals surface area contributed by atoms with Gasteiger partial charge in [-0.05, 0) is 42.5 Å². The Labute approximate surface area is 199 Å². The zero-order chi connectivity index (χ0) is 23.5. The molecule has 34 heavy (non-hydrogen) atoms. The first-order chi connectivity index (χ1) is 16.6. The average Bonchev–Trinajstić information content (AvgIpc) is 3.30. The van der Waals surface area contributed by atoms with Gasteiger partial charge in [0.1, 0.15) is 5.82 Å². The molecule has 7 heteroatoms. The Balaban J connectivity index is 1.48. The molecule has 0 aliphatic rings. The molecule has 1 amide bonds. The minimum Gasteiger partial charge on any atom is -0.289 e. The normalized spacial score (nSPS) is 10.9. The van der Waals surface area contributed by atoms with Crippen molar-refractivity contribution in [3.63, 3.8) is 0 Å². The van der Waals surface area contributed by atoms with Crippen molar-refractivity contribution in [2.24, 2.45) is 0 Å². The fraction of sp³-hybridized carbons (Fsp3) is 0.0370. The highest BCUT2D eigenvalue weighted by atomic mass is 32.1. The van der Waals surface area contributed by atoms with E-state index >= 15 is 0 Å². The van der Waals surface area contributed by atoms with E-state index in [9.17, 15) is 14.0 Å². The van der Waals surface area contributed by atoms with Crippen LogP contribution >= 0.6 is 11.3 Å². The molecule has 0 fully saturated rings. The predicted molar refractivity (Wildman–Crippen MR) is 131 cm³/mol. The van der Waals surface area contributed by atoms with E-state index in [0.29, 0.717) is 37.7 Å². The van der Waals surface area contributed by atoms with Crippen molar-refractivity contribution in [3.05, 3.63) is 125 Å². The lowest BCUT2D eigenvalue weighted by Gasteiger charge is -2.19. The lowest BCUT2D eigenvalue weighted by atomic mass is 10.0. The summed E-state index contributed by atoms with van der Waals surface area (Å²) >= 11 is 1.24. The number of nitrogens with zero attached hydrogens (tertiary/aromatic N) is 3. The van der Waals surface area contributed by atoms with Gasteiger partial charge in [0.2, 0.25) is 0 Å². The Bertz CT molecular complexity index is 1470. The van der Waals surface area contributed by atoms with Crippen LogP contribution in [0.4, 0.5) is 9.52 Å². The van der Waals surface area contributed by atoms with Gasteiger partial charge in [-0.3, -0.25) is 19.5 Å². The maximum Gasteiger partial charge on any atom is 0.260 e. The van der Waals surface area contributed by atoms with Crippen molar-refractivity contribution < 1.29 is 14.0 Å². The lowest BCUT2D eigenvalue weighted by Crippen LogP contribution is -2.30. The molecule has 5 aromatic rings. The Hall–Kier alpha value is -4.23. The Morgan fingerprint density at radius 1 is 0.824 bits per heavy atom. The number of aromatic nitrogens is 2. The van der Waals surface area contributed by atoms with E-state index in [4.69, 9.17) is 0 Å². The smallest absolute Gasteiger partial charge is 0.260 e. The number of hydrogen-bond acceptors (Lipinski definition) is 5. The summed E-state index contributed by atoms with van der Waals surface area (Å²) in [5.74, 6) is -0.758. The van der Waals surface area contributed by atoms with Gasteiger partial charge in [-0.15, -0.1) is 0 Å². The van der Waals surface area contributed by atoms with E-state index in [1.165, 1.54) is 28.4 Å². The third-order valence-electron chi connectivity index (χ3n) is 5.29. The number of fused-ring (bicyclic) bond motifs is 1. The fourth-order valence-corrected chi connectivity index (χ4v) is 4.55. The quantitative estimate of drug-likeness (QED) is 0.291. The number of thiazole rings is 1. The molecule has 0 unspecified atom stereocenters. The summed E-state index contributed by atoms with van der Waals surface area (Å²) in [5.41, 5.74) is 2.79. The van der Waals surface area contributed by atoms with Gasteiger partial charge in [-0.1, -0.05) is 59.9 Å². The summed E-state index contributed by atoms with van der Waals surface area (Å²) in [7, 11) is 0. The molecule has 3 aromatic carbocycles. The van der Waals surface area contributed by atoms with Crippen molar-refractivity contribution in [2.75, 3.05) is 4.90 Å². The van der Waals surface area contributed by atoms with Crippen LogP contribution in [0.25, 0.3) is 10.2 Å². The summed E-state index contributed by atoms with van der Waals surface area (Å²) in [6.45, 7) is 0.201. The van der Waals surface area contributed by atoms with Crippen LogP contribution in [0.1, 0.15) is 32.0 Å². The minimum absolute atomic E-state index is 0.113. The lowest BCUT2D eigenvalue weighted by molar-refractivity contribution is 0.0982. The molecule has 5 nitrogen and oxygen atoms in total. The Morgan fingerprint density at radius 2 is 1.53 bits per heavy atom. The molecule has 0 spiro atoms. The number of ketones is 1. The van der Waals surface area contributed by atoms with Crippen LogP contribution < -0.4 is 4.90 Å². The first-order valence-corrected chi connectivity index (χ1v) is 11.4. The van der Waals surface area contributed by atoms with Gasteiger partial charge in [0.25, 0.3) is 5.91 Å². The second-order valence-corrected chi connectivity index (χ2v) is 8.60. The summed E-state index contributed by atoms with van der Waals surface area (Å²) in [6, 6.07) is 25.4. The van der Waals surface area contributed by atoms with Crippen LogP contribution in [0, 0.1) is 5.82 Å². The average molecular weight is 468 g/mol. The third-order valence-corrected chi connectivity index (χ3v) is 6.33. The van der Waals surface area contributed by atoms with Crippen LogP contribution in [0.3, 0.4) is 0 Å². The van der Waals surface area contributed by atoms with Crippen LogP contribution in [0.15, 0.2) is 97.2 Å². The molecular weight excluding hydrogens is 449 g/mol. The fourth-order valence-electron chi connectivity index (χ4n) is 3.56. The van der Waals surface area contributed by atoms with Crippen LogP contribution in [0.2, 0.25) is 0 Å². The highest BCUT2D eigenvalue weighted by Crippen LogP contribution is 2.31. The number of hydrogen-bond donors (Lipinski definition) is 0. The molecule has 166 valence electrons. The maximum atomic E-state index is 13.7. The monoisotopic (exact) mass is 467 g/mol. The Morgan fingerprint density at radius 3 is 2.26 bits per heavy atom. The van der Waals surface area contributed by atoms with Crippen molar-refractivity contribution in [1.29, 1.82) is 0 Å². The number of anilines is 1. The number of benzene rings is 3. The molecule has 5 rings (SSSR count). The van der Waals surface area contributed by atoms with Crippen LogP contribution in [-0.2, 0) is 6.54 Å². The molecule has 0 atom stereocenters. The van der Waals surface area contributed by atoms with Crippen molar-refractivity contribution in [3.8, 4) is 0 Å². The number of carbonyl (C=O) groups is 2. The summed E-state index contributed by atoms with van der Waals surface area (Å²) < 4.78 is 14.4. The van der Waals surface area contributed by atoms with Gasteiger partial charge >= 0.3 is 0 Å². The topological polar surface area (TPSA) is 63.2 Å². The van der Waals surface area contributed by atoms with Crippen LogP contribution in [0.5, 0.6) is 0 Å². The molecule has 2 aromatic heterocycles. The standard InChI is InChI=1S/C27H18FN3O2S/c28-21-13-14-23-24(16-21)34-27(30-23)31(17-22-8-4-5-15-29-22)26(33)20-11-9-19(10-12-20)25(32)18-6-2-1-3-7-18/h1-16H,17H2. The van der Waals surface area contributed by atoms with E-state index < -0.39 is 0 Å². The first-order valence-electron chi connectivity index (χ1n) is 10.6. The van der Waals surface area contributed by atoms with Crippen molar-refractivity contribution in [1.82, 2.24) is 9.97 Å². The number of halogens is 1.